The highest BCUT2D eigenvalue weighted by atomic mass is 16.4. The molecular formula is C23H40O5. The molecule has 2 aliphatic rings. The van der Waals surface area contributed by atoms with E-state index in [4.69, 9.17) is 10.2 Å². The van der Waals surface area contributed by atoms with Gasteiger partial charge in [0.15, 0.2) is 0 Å². The Kier molecular flexibility index (Phi) is 9.26. The first-order chi connectivity index (χ1) is 13.3. The van der Waals surface area contributed by atoms with Crippen molar-refractivity contribution >= 4 is 11.9 Å². The average Bonchev–Trinajstić information content (AvgIpc) is 3.55. The molecule has 0 spiro atoms. The topological polar surface area (TPSA) is 94.8 Å². The smallest absolute Gasteiger partial charge is 0.303 e. The van der Waals surface area contributed by atoms with Crippen molar-refractivity contribution in [3.63, 3.8) is 0 Å². The quantitative estimate of drug-likeness (QED) is 0.264. The van der Waals surface area contributed by atoms with Crippen molar-refractivity contribution in [3.8, 4) is 0 Å². The van der Waals surface area contributed by atoms with Crippen LogP contribution in [0.15, 0.2) is 0 Å². The fourth-order valence-electron chi connectivity index (χ4n) is 4.61. The van der Waals surface area contributed by atoms with Crippen molar-refractivity contribution in [3.05, 3.63) is 0 Å². The predicted molar refractivity (Wildman–Crippen MR) is 109 cm³/mol. The molecule has 0 unspecified atom stereocenters. The summed E-state index contributed by atoms with van der Waals surface area (Å²) < 4.78 is 0. The van der Waals surface area contributed by atoms with E-state index in [-0.39, 0.29) is 6.10 Å². The van der Waals surface area contributed by atoms with Gasteiger partial charge in [0.05, 0.1) is 6.10 Å². The van der Waals surface area contributed by atoms with Crippen LogP contribution >= 0.6 is 0 Å². The van der Waals surface area contributed by atoms with E-state index in [2.05, 4.69) is 0 Å². The van der Waals surface area contributed by atoms with Gasteiger partial charge in [0.1, 0.15) is 0 Å². The second-order valence-corrected chi connectivity index (χ2v) is 9.64. The van der Waals surface area contributed by atoms with Gasteiger partial charge < -0.3 is 15.3 Å². The van der Waals surface area contributed by atoms with E-state index in [0.29, 0.717) is 23.7 Å². The summed E-state index contributed by atoms with van der Waals surface area (Å²) in [6, 6.07) is 0. The standard InChI is InChI=1S/C23H40O5/c24-19(7-3-1-5-11-22(15-16-22)13-9-20(25)26)8-4-2-6-12-23(17-18-23)14-10-21(27)28/h19,24H,1-18H2,(H,25,26)(H,27,28). The first-order valence-corrected chi connectivity index (χ1v) is 11.5. The Balaban J connectivity index is 1.40. The van der Waals surface area contributed by atoms with E-state index >= 15 is 0 Å². The second-order valence-electron chi connectivity index (χ2n) is 9.64. The predicted octanol–water partition coefficient (Wildman–Crippen LogP) is 5.54. The number of rotatable bonds is 18. The lowest BCUT2D eigenvalue weighted by molar-refractivity contribution is -0.138. The lowest BCUT2D eigenvalue weighted by Crippen LogP contribution is -2.08. The third-order valence-corrected chi connectivity index (χ3v) is 7.14. The molecule has 0 aromatic carbocycles. The van der Waals surface area contributed by atoms with Crippen LogP contribution in [-0.4, -0.2) is 33.4 Å². The molecule has 0 amide bonds. The number of hydrogen-bond acceptors (Lipinski definition) is 3. The normalized spacial score (nSPS) is 18.9. The Morgan fingerprint density at radius 2 is 1.04 bits per heavy atom. The number of carboxylic acids is 2. The van der Waals surface area contributed by atoms with Gasteiger partial charge in [-0.2, -0.15) is 0 Å². The molecule has 0 radical (unpaired) electrons. The van der Waals surface area contributed by atoms with Crippen LogP contribution in [0.4, 0.5) is 0 Å². The third kappa shape index (κ3) is 9.40. The summed E-state index contributed by atoms with van der Waals surface area (Å²) in [4.78, 5) is 21.4. The minimum absolute atomic E-state index is 0.191. The van der Waals surface area contributed by atoms with Crippen molar-refractivity contribution < 1.29 is 24.9 Å². The third-order valence-electron chi connectivity index (χ3n) is 7.14. The van der Waals surface area contributed by atoms with E-state index in [9.17, 15) is 14.7 Å². The van der Waals surface area contributed by atoms with Gasteiger partial charge in [0, 0.05) is 12.8 Å². The van der Waals surface area contributed by atoms with Gasteiger partial charge >= 0.3 is 11.9 Å². The van der Waals surface area contributed by atoms with Gasteiger partial charge in [0.2, 0.25) is 0 Å². The molecule has 0 heterocycles. The molecule has 5 heteroatoms. The molecule has 5 nitrogen and oxygen atoms in total. The lowest BCUT2D eigenvalue weighted by atomic mass is 9.92. The van der Waals surface area contributed by atoms with Crippen LogP contribution in [0.1, 0.15) is 116 Å². The van der Waals surface area contributed by atoms with Gasteiger partial charge in [-0.25, -0.2) is 0 Å². The number of aliphatic hydroxyl groups excluding tert-OH is 1. The highest BCUT2D eigenvalue weighted by Gasteiger charge is 2.42. The zero-order valence-corrected chi connectivity index (χ0v) is 17.5. The summed E-state index contributed by atoms with van der Waals surface area (Å²) in [5, 5.41) is 27.8. The van der Waals surface area contributed by atoms with Gasteiger partial charge in [-0.05, 0) is 75.0 Å². The molecule has 28 heavy (non-hydrogen) atoms. The van der Waals surface area contributed by atoms with E-state index in [1.165, 1.54) is 25.7 Å². The molecular weight excluding hydrogens is 356 g/mol. The minimum atomic E-state index is -0.679. The number of unbranched alkanes of at least 4 members (excludes halogenated alkanes) is 4. The van der Waals surface area contributed by atoms with Crippen LogP contribution in [0, 0.1) is 10.8 Å². The minimum Gasteiger partial charge on any atom is -0.481 e. The van der Waals surface area contributed by atoms with E-state index in [1.54, 1.807) is 0 Å². The molecule has 0 atom stereocenters. The molecule has 2 rings (SSSR count). The summed E-state index contributed by atoms with van der Waals surface area (Å²) in [5.74, 6) is -1.36. The van der Waals surface area contributed by atoms with E-state index in [1.807, 2.05) is 0 Å². The summed E-state index contributed by atoms with van der Waals surface area (Å²) in [7, 11) is 0. The Hall–Kier alpha value is -1.10. The summed E-state index contributed by atoms with van der Waals surface area (Å²) >= 11 is 0. The zero-order chi connectivity index (χ0) is 20.5. The number of aliphatic hydroxyl groups is 1. The van der Waals surface area contributed by atoms with Gasteiger partial charge in [-0.15, -0.1) is 0 Å². The fourth-order valence-corrected chi connectivity index (χ4v) is 4.61. The Morgan fingerprint density at radius 1 is 0.643 bits per heavy atom. The molecule has 2 aliphatic carbocycles. The zero-order valence-electron chi connectivity index (χ0n) is 17.5. The number of carbonyl (C=O) groups is 2. The highest BCUT2D eigenvalue weighted by Crippen LogP contribution is 2.54. The Morgan fingerprint density at radius 3 is 1.36 bits per heavy atom. The maximum Gasteiger partial charge on any atom is 0.303 e. The molecule has 0 aliphatic heterocycles. The number of aliphatic carboxylic acids is 2. The lowest BCUT2D eigenvalue weighted by Gasteiger charge is -2.15. The van der Waals surface area contributed by atoms with E-state index in [0.717, 1.165) is 77.0 Å². The van der Waals surface area contributed by atoms with Crippen LogP contribution in [0.25, 0.3) is 0 Å². The molecule has 2 saturated carbocycles. The molecule has 0 aromatic rings. The molecule has 3 N–H and O–H groups in total. The van der Waals surface area contributed by atoms with Crippen molar-refractivity contribution in [2.45, 2.75) is 122 Å². The Bertz CT molecular complexity index is 449. The SMILES string of the molecule is O=C(O)CCC1(CCCCCC(O)CCCCCC2(CCC(=O)O)CC2)CC1. The van der Waals surface area contributed by atoms with E-state index < -0.39 is 11.9 Å². The fraction of sp³-hybridized carbons (Fsp3) is 0.913. The molecule has 162 valence electrons. The van der Waals surface area contributed by atoms with Crippen LogP contribution < -0.4 is 0 Å². The first kappa shape index (κ1) is 23.2. The average molecular weight is 397 g/mol. The summed E-state index contributed by atoms with van der Waals surface area (Å²) in [6.07, 6.45) is 17.7. The van der Waals surface area contributed by atoms with Crippen LogP contribution in [-0.2, 0) is 9.59 Å². The van der Waals surface area contributed by atoms with Crippen LogP contribution in [0.3, 0.4) is 0 Å². The van der Waals surface area contributed by atoms with Crippen molar-refractivity contribution in [2.75, 3.05) is 0 Å². The maximum atomic E-state index is 10.7. The van der Waals surface area contributed by atoms with Gasteiger partial charge in [0.25, 0.3) is 0 Å². The second kappa shape index (κ2) is 11.2. The number of hydrogen-bond donors (Lipinski definition) is 3. The molecule has 0 bridgehead atoms. The first-order valence-electron chi connectivity index (χ1n) is 11.5. The van der Waals surface area contributed by atoms with Crippen LogP contribution in [0.2, 0.25) is 0 Å². The largest absolute Gasteiger partial charge is 0.481 e. The molecule has 0 saturated heterocycles. The maximum absolute atomic E-state index is 10.7. The Labute approximate surface area is 169 Å². The summed E-state index contributed by atoms with van der Waals surface area (Å²) in [6.45, 7) is 0. The number of carboxylic acid groups (broad SMARTS) is 2. The van der Waals surface area contributed by atoms with Crippen molar-refractivity contribution in [2.24, 2.45) is 10.8 Å². The van der Waals surface area contributed by atoms with Gasteiger partial charge in [-0.1, -0.05) is 38.5 Å². The van der Waals surface area contributed by atoms with Crippen molar-refractivity contribution in [1.82, 2.24) is 0 Å². The van der Waals surface area contributed by atoms with Gasteiger partial charge in [-0.3, -0.25) is 9.59 Å². The van der Waals surface area contributed by atoms with Crippen LogP contribution in [0.5, 0.6) is 0 Å². The summed E-state index contributed by atoms with van der Waals surface area (Å²) in [5.41, 5.74) is 0.667. The molecule has 0 aromatic heterocycles. The van der Waals surface area contributed by atoms with Crippen molar-refractivity contribution in [1.29, 1.82) is 0 Å². The highest BCUT2D eigenvalue weighted by molar-refractivity contribution is 5.67. The monoisotopic (exact) mass is 396 g/mol. The molecule has 2 fully saturated rings.